The fraction of sp³-hybridized carbons (Fsp3) is 0.750. The molecule has 1 heterocycles. The van der Waals surface area contributed by atoms with Gasteiger partial charge in [-0.3, -0.25) is 9.59 Å². The molecule has 2 amide bonds. The first-order valence-electron chi connectivity index (χ1n) is 4.50. The topological polar surface area (TPSA) is 75.4 Å². The first kappa shape index (κ1) is 8.50. The molecule has 13 heavy (non-hydrogen) atoms. The lowest BCUT2D eigenvalue weighted by molar-refractivity contribution is -0.145. The third kappa shape index (κ3) is 1.80. The van der Waals surface area contributed by atoms with E-state index in [0.29, 0.717) is 12.6 Å². The number of nitrogens with two attached hydrogens (primary N) is 1. The number of nitrogens with one attached hydrogen (secondary N) is 1. The molecule has 0 aromatic rings. The summed E-state index contributed by atoms with van der Waals surface area (Å²) in [5.74, 6) is -0.186. The monoisotopic (exact) mass is 183 g/mol. The zero-order valence-corrected chi connectivity index (χ0v) is 7.32. The van der Waals surface area contributed by atoms with Crippen molar-refractivity contribution in [1.29, 1.82) is 0 Å². The van der Waals surface area contributed by atoms with Crippen molar-refractivity contribution in [2.24, 2.45) is 5.73 Å². The van der Waals surface area contributed by atoms with E-state index in [1.54, 1.807) is 0 Å². The van der Waals surface area contributed by atoms with E-state index in [1.165, 1.54) is 4.90 Å². The summed E-state index contributed by atoms with van der Waals surface area (Å²) in [4.78, 5) is 23.7. The van der Waals surface area contributed by atoms with Crippen LogP contribution in [-0.2, 0) is 9.59 Å². The molecule has 1 atom stereocenters. The van der Waals surface area contributed by atoms with E-state index in [0.717, 1.165) is 12.8 Å². The number of hydrogen-bond acceptors (Lipinski definition) is 3. The number of amides is 2. The van der Waals surface area contributed by atoms with Gasteiger partial charge in [0.05, 0.1) is 6.54 Å². The average Bonchev–Trinajstić information content (AvgIpc) is 2.87. The fourth-order valence-corrected chi connectivity index (χ4v) is 1.34. The molecule has 5 heteroatoms. The quantitative estimate of drug-likeness (QED) is 0.519. The van der Waals surface area contributed by atoms with Crippen molar-refractivity contribution in [3.05, 3.63) is 0 Å². The molecule has 0 radical (unpaired) electrons. The molecule has 5 nitrogen and oxygen atoms in total. The highest BCUT2D eigenvalue weighted by Gasteiger charge is 2.35. The minimum atomic E-state index is -0.381. The molecule has 2 aliphatic rings. The van der Waals surface area contributed by atoms with Crippen LogP contribution in [0.2, 0.25) is 0 Å². The van der Waals surface area contributed by atoms with Crippen LogP contribution in [0.5, 0.6) is 0 Å². The third-order valence-electron chi connectivity index (χ3n) is 2.32. The van der Waals surface area contributed by atoms with Crippen molar-refractivity contribution in [2.75, 3.05) is 13.1 Å². The van der Waals surface area contributed by atoms with Gasteiger partial charge in [0.1, 0.15) is 6.04 Å². The molecule has 1 unspecified atom stereocenters. The Balaban J connectivity index is 1.71. The number of carbonyl (C=O) groups excluding carboxylic acids is 2. The molecular weight excluding hydrogens is 170 g/mol. The van der Waals surface area contributed by atoms with Crippen LogP contribution in [0.3, 0.4) is 0 Å². The van der Waals surface area contributed by atoms with Gasteiger partial charge in [-0.05, 0) is 12.8 Å². The lowest BCUT2D eigenvalue weighted by Gasteiger charge is -2.35. The van der Waals surface area contributed by atoms with Crippen LogP contribution >= 0.6 is 0 Å². The Morgan fingerprint density at radius 3 is 2.77 bits per heavy atom. The Morgan fingerprint density at radius 2 is 2.31 bits per heavy atom. The van der Waals surface area contributed by atoms with E-state index in [9.17, 15) is 9.59 Å². The normalized spacial score (nSPS) is 27.0. The van der Waals surface area contributed by atoms with Gasteiger partial charge in [0, 0.05) is 12.6 Å². The Morgan fingerprint density at radius 1 is 1.62 bits per heavy atom. The second-order valence-corrected chi connectivity index (χ2v) is 3.67. The SMILES string of the molecule is NC1CN(CC(=O)NC2CC2)C1=O. The zero-order chi connectivity index (χ0) is 9.42. The molecule has 1 saturated carbocycles. The maximum Gasteiger partial charge on any atom is 0.241 e. The van der Waals surface area contributed by atoms with Gasteiger partial charge in [-0.1, -0.05) is 0 Å². The summed E-state index contributed by atoms with van der Waals surface area (Å²) in [5, 5.41) is 2.81. The Kier molecular flexibility index (Phi) is 1.95. The highest BCUT2D eigenvalue weighted by atomic mass is 16.2. The van der Waals surface area contributed by atoms with Gasteiger partial charge in [0.2, 0.25) is 11.8 Å². The van der Waals surface area contributed by atoms with Crippen molar-refractivity contribution in [2.45, 2.75) is 24.9 Å². The van der Waals surface area contributed by atoms with Crippen molar-refractivity contribution >= 4 is 11.8 Å². The van der Waals surface area contributed by atoms with E-state index in [1.807, 2.05) is 0 Å². The minimum absolute atomic E-state index is 0.0669. The van der Waals surface area contributed by atoms with Crippen molar-refractivity contribution in [3.8, 4) is 0 Å². The second-order valence-electron chi connectivity index (χ2n) is 3.67. The molecule has 72 valence electrons. The fourth-order valence-electron chi connectivity index (χ4n) is 1.34. The number of β-lactam (4-membered cyclic amide) rings is 1. The Bertz CT molecular complexity index is 250. The van der Waals surface area contributed by atoms with E-state index in [2.05, 4.69) is 5.32 Å². The summed E-state index contributed by atoms with van der Waals surface area (Å²) >= 11 is 0. The first-order valence-corrected chi connectivity index (χ1v) is 4.50. The van der Waals surface area contributed by atoms with Crippen LogP contribution in [0.4, 0.5) is 0 Å². The predicted molar refractivity (Wildman–Crippen MR) is 45.7 cm³/mol. The van der Waals surface area contributed by atoms with Crippen LogP contribution in [0.1, 0.15) is 12.8 Å². The standard InChI is InChI=1S/C8H13N3O2/c9-6-3-11(8(6)13)4-7(12)10-5-1-2-5/h5-6H,1-4,9H2,(H,10,12). The molecule has 1 saturated heterocycles. The summed E-state index contributed by atoms with van der Waals surface area (Å²) in [7, 11) is 0. The number of carbonyl (C=O) groups is 2. The van der Waals surface area contributed by atoms with Gasteiger partial charge in [0.15, 0.2) is 0 Å². The van der Waals surface area contributed by atoms with Crippen LogP contribution in [-0.4, -0.2) is 41.9 Å². The number of likely N-dealkylation sites (tertiary alicyclic amines) is 1. The van der Waals surface area contributed by atoms with E-state index in [-0.39, 0.29) is 24.4 Å². The molecule has 0 aromatic carbocycles. The molecule has 0 spiro atoms. The van der Waals surface area contributed by atoms with Crippen molar-refractivity contribution in [1.82, 2.24) is 10.2 Å². The lowest BCUT2D eigenvalue weighted by atomic mass is 10.1. The molecule has 3 N–H and O–H groups in total. The molecule has 2 rings (SSSR count). The Hall–Kier alpha value is -1.10. The molecule has 0 aromatic heterocycles. The van der Waals surface area contributed by atoms with Crippen LogP contribution < -0.4 is 11.1 Å². The minimum Gasteiger partial charge on any atom is -0.352 e. The highest BCUT2D eigenvalue weighted by Crippen LogP contribution is 2.18. The lowest BCUT2D eigenvalue weighted by Crippen LogP contribution is -2.62. The van der Waals surface area contributed by atoms with Crippen LogP contribution in [0.25, 0.3) is 0 Å². The maximum absolute atomic E-state index is 11.2. The van der Waals surface area contributed by atoms with E-state index < -0.39 is 0 Å². The first-order chi connectivity index (χ1) is 6.16. The molecule has 1 aliphatic carbocycles. The second kappa shape index (κ2) is 2.99. The van der Waals surface area contributed by atoms with Gasteiger partial charge in [-0.25, -0.2) is 0 Å². The van der Waals surface area contributed by atoms with Gasteiger partial charge in [0.25, 0.3) is 0 Å². The van der Waals surface area contributed by atoms with Crippen molar-refractivity contribution < 1.29 is 9.59 Å². The van der Waals surface area contributed by atoms with Gasteiger partial charge >= 0.3 is 0 Å². The molecular formula is C8H13N3O2. The highest BCUT2D eigenvalue weighted by molar-refractivity contribution is 5.92. The summed E-state index contributed by atoms with van der Waals surface area (Å²) < 4.78 is 0. The molecule has 2 fully saturated rings. The summed E-state index contributed by atoms with van der Waals surface area (Å²) in [6.45, 7) is 0.681. The van der Waals surface area contributed by atoms with Crippen LogP contribution in [0.15, 0.2) is 0 Å². The van der Waals surface area contributed by atoms with Gasteiger partial charge < -0.3 is 16.0 Å². The summed E-state index contributed by atoms with van der Waals surface area (Å²) in [6, 6.07) is -0.0220. The summed E-state index contributed by atoms with van der Waals surface area (Å²) in [6.07, 6.45) is 2.14. The van der Waals surface area contributed by atoms with Crippen molar-refractivity contribution in [3.63, 3.8) is 0 Å². The number of hydrogen-bond donors (Lipinski definition) is 2. The number of rotatable bonds is 3. The predicted octanol–water partition coefficient (Wildman–Crippen LogP) is -1.57. The van der Waals surface area contributed by atoms with E-state index in [4.69, 9.17) is 5.73 Å². The third-order valence-corrected chi connectivity index (χ3v) is 2.32. The number of nitrogens with zero attached hydrogens (tertiary/aromatic N) is 1. The average molecular weight is 183 g/mol. The molecule has 0 bridgehead atoms. The van der Waals surface area contributed by atoms with E-state index >= 15 is 0 Å². The molecule has 1 aliphatic heterocycles. The van der Waals surface area contributed by atoms with Gasteiger partial charge in [-0.2, -0.15) is 0 Å². The largest absolute Gasteiger partial charge is 0.352 e. The smallest absolute Gasteiger partial charge is 0.241 e. The Labute approximate surface area is 76.3 Å². The van der Waals surface area contributed by atoms with Gasteiger partial charge in [-0.15, -0.1) is 0 Å². The maximum atomic E-state index is 11.2. The zero-order valence-electron chi connectivity index (χ0n) is 7.32. The summed E-state index contributed by atoms with van der Waals surface area (Å²) in [5.41, 5.74) is 5.38. The van der Waals surface area contributed by atoms with Crippen LogP contribution in [0, 0.1) is 0 Å².